The predicted molar refractivity (Wildman–Crippen MR) is 106 cm³/mol. The summed E-state index contributed by atoms with van der Waals surface area (Å²) >= 11 is 1.17. The molecule has 0 spiro atoms. The minimum absolute atomic E-state index is 0.0942. The summed E-state index contributed by atoms with van der Waals surface area (Å²) in [6.45, 7) is 7.75. The van der Waals surface area contributed by atoms with Gasteiger partial charge in [-0.15, -0.1) is 5.10 Å². The molecule has 0 radical (unpaired) electrons. The Balaban J connectivity index is 1.36. The SMILES string of the molecule is Cc1nsnc1Cn1nnc(C(=O)N2CCN(Cc3ccc(F)cc3)CC2)c1C. The minimum atomic E-state index is -0.228. The quantitative estimate of drug-likeness (QED) is 0.633. The molecule has 1 amide bonds. The zero-order valence-corrected chi connectivity index (χ0v) is 17.2. The topological polar surface area (TPSA) is 80.0 Å². The average Bonchev–Trinajstić information content (AvgIpc) is 3.30. The zero-order chi connectivity index (χ0) is 20.4. The maximum Gasteiger partial charge on any atom is 0.276 e. The smallest absolute Gasteiger partial charge is 0.276 e. The predicted octanol–water partition coefficient (Wildman–Crippen LogP) is 1.89. The lowest BCUT2D eigenvalue weighted by atomic mass is 10.2. The molecule has 0 bridgehead atoms. The van der Waals surface area contributed by atoms with Crippen molar-refractivity contribution < 1.29 is 9.18 Å². The number of aromatic nitrogens is 5. The van der Waals surface area contributed by atoms with Crippen LogP contribution in [0.5, 0.6) is 0 Å². The van der Waals surface area contributed by atoms with Gasteiger partial charge in [-0.2, -0.15) is 8.75 Å². The van der Waals surface area contributed by atoms with Gasteiger partial charge < -0.3 is 4.90 Å². The molecular formula is C19H22FN7OS. The lowest BCUT2D eigenvalue weighted by molar-refractivity contribution is 0.0622. The van der Waals surface area contributed by atoms with Gasteiger partial charge in [-0.25, -0.2) is 9.07 Å². The van der Waals surface area contributed by atoms with E-state index in [1.807, 2.05) is 18.7 Å². The van der Waals surface area contributed by atoms with E-state index in [4.69, 9.17) is 0 Å². The van der Waals surface area contributed by atoms with Crippen LogP contribution in [-0.2, 0) is 13.1 Å². The van der Waals surface area contributed by atoms with Crippen LogP contribution in [0.2, 0.25) is 0 Å². The molecule has 0 saturated carbocycles. The first-order valence-corrected chi connectivity index (χ1v) is 10.2. The van der Waals surface area contributed by atoms with Crippen LogP contribution in [-0.4, -0.2) is 65.6 Å². The fourth-order valence-electron chi connectivity index (χ4n) is 3.35. The third kappa shape index (κ3) is 4.33. The summed E-state index contributed by atoms with van der Waals surface area (Å²) in [5.74, 6) is -0.322. The zero-order valence-electron chi connectivity index (χ0n) is 16.4. The second-order valence-electron chi connectivity index (χ2n) is 7.17. The molecule has 0 unspecified atom stereocenters. The molecule has 1 aliphatic heterocycles. The number of benzene rings is 1. The maximum atomic E-state index is 13.0. The molecule has 3 aromatic rings. The van der Waals surface area contributed by atoms with Gasteiger partial charge in [0.2, 0.25) is 0 Å². The van der Waals surface area contributed by atoms with Gasteiger partial charge in [0.15, 0.2) is 5.69 Å². The van der Waals surface area contributed by atoms with E-state index >= 15 is 0 Å². The summed E-state index contributed by atoms with van der Waals surface area (Å²) in [6, 6.07) is 6.55. The molecule has 0 N–H and O–H groups in total. The van der Waals surface area contributed by atoms with E-state index in [0.717, 1.165) is 42.3 Å². The van der Waals surface area contributed by atoms with Crippen LogP contribution < -0.4 is 0 Å². The summed E-state index contributed by atoms with van der Waals surface area (Å²) in [4.78, 5) is 17.0. The lowest BCUT2D eigenvalue weighted by Gasteiger charge is -2.34. The van der Waals surface area contributed by atoms with Gasteiger partial charge in [-0.05, 0) is 31.5 Å². The molecule has 3 heterocycles. The van der Waals surface area contributed by atoms with E-state index in [9.17, 15) is 9.18 Å². The van der Waals surface area contributed by atoms with Crippen LogP contribution in [0, 0.1) is 19.7 Å². The number of carbonyl (C=O) groups excluding carboxylic acids is 1. The van der Waals surface area contributed by atoms with Gasteiger partial charge in [0.05, 0.1) is 35.4 Å². The summed E-state index contributed by atoms with van der Waals surface area (Å²) in [5.41, 5.74) is 3.90. The Bertz CT molecular complexity index is 992. The standard InChI is InChI=1S/C19H22FN7OS/c1-13-17(23-29-22-13)12-27-14(2)18(21-24-27)19(28)26-9-7-25(8-10-26)11-15-3-5-16(20)6-4-15/h3-6H,7-12H2,1-2H3. The van der Waals surface area contributed by atoms with Crippen LogP contribution in [0.15, 0.2) is 24.3 Å². The Morgan fingerprint density at radius 2 is 1.79 bits per heavy atom. The van der Waals surface area contributed by atoms with Crippen molar-refractivity contribution in [2.45, 2.75) is 26.9 Å². The van der Waals surface area contributed by atoms with Crippen molar-refractivity contribution in [2.24, 2.45) is 0 Å². The van der Waals surface area contributed by atoms with Gasteiger partial charge in [-0.3, -0.25) is 9.69 Å². The third-order valence-electron chi connectivity index (χ3n) is 5.21. The highest BCUT2D eigenvalue weighted by Gasteiger charge is 2.26. The molecular weight excluding hydrogens is 393 g/mol. The van der Waals surface area contributed by atoms with Gasteiger partial charge >= 0.3 is 0 Å². The molecule has 4 rings (SSSR count). The number of aryl methyl sites for hydroxylation is 1. The Labute approximate surface area is 172 Å². The van der Waals surface area contributed by atoms with Gasteiger partial charge in [0, 0.05) is 32.7 Å². The number of carbonyl (C=O) groups is 1. The summed E-state index contributed by atoms with van der Waals surface area (Å²) in [7, 11) is 0. The van der Waals surface area contributed by atoms with Crippen molar-refractivity contribution in [3.05, 3.63) is 58.4 Å². The molecule has 8 nitrogen and oxygen atoms in total. The maximum absolute atomic E-state index is 13.0. The van der Waals surface area contributed by atoms with Gasteiger partial charge in [-0.1, -0.05) is 17.3 Å². The number of halogens is 1. The monoisotopic (exact) mass is 415 g/mol. The Hall–Kier alpha value is -2.72. The molecule has 10 heteroatoms. The molecule has 1 fully saturated rings. The Kier molecular flexibility index (Phi) is 5.63. The van der Waals surface area contributed by atoms with Crippen molar-refractivity contribution in [3.63, 3.8) is 0 Å². The van der Waals surface area contributed by atoms with E-state index in [1.165, 1.54) is 23.9 Å². The number of amides is 1. The fraction of sp³-hybridized carbons (Fsp3) is 0.421. The third-order valence-corrected chi connectivity index (χ3v) is 5.87. The number of piperazine rings is 1. The van der Waals surface area contributed by atoms with Crippen LogP contribution in [0.1, 0.15) is 33.1 Å². The van der Waals surface area contributed by atoms with E-state index in [-0.39, 0.29) is 11.7 Å². The van der Waals surface area contributed by atoms with E-state index in [1.54, 1.807) is 16.8 Å². The first-order valence-electron chi connectivity index (χ1n) is 9.45. The van der Waals surface area contributed by atoms with Crippen LogP contribution in [0.3, 0.4) is 0 Å². The largest absolute Gasteiger partial charge is 0.335 e. The molecule has 152 valence electrons. The van der Waals surface area contributed by atoms with E-state index in [0.29, 0.717) is 25.3 Å². The minimum Gasteiger partial charge on any atom is -0.335 e. The molecule has 1 aliphatic rings. The number of hydrogen-bond acceptors (Lipinski definition) is 7. The first-order chi connectivity index (χ1) is 14.0. The number of nitrogens with zero attached hydrogens (tertiary/aromatic N) is 7. The average molecular weight is 415 g/mol. The van der Waals surface area contributed by atoms with Crippen molar-refractivity contribution in [2.75, 3.05) is 26.2 Å². The Morgan fingerprint density at radius 1 is 1.07 bits per heavy atom. The molecule has 0 atom stereocenters. The fourth-order valence-corrected chi connectivity index (χ4v) is 3.91. The lowest BCUT2D eigenvalue weighted by Crippen LogP contribution is -2.48. The number of hydrogen-bond donors (Lipinski definition) is 0. The van der Waals surface area contributed by atoms with E-state index in [2.05, 4.69) is 24.0 Å². The van der Waals surface area contributed by atoms with Gasteiger partial charge in [0.1, 0.15) is 5.82 Å². The second kappa shape index (κ2) is 8.34. The highest BCUT2D eigenvalue weighted by Crippen LogP contribution is 2.15. The first kappa shape index (κ1) is 19.6. The number of rotatable bonds is 5. The van der Waals surface area contributed by atoms with Gasteiger partial charge in [0.25, 0.3) is 5.91 Å². The highest BCUT2D eigenvalue weighted by atomic mass is 32.1. The molecule has 0 aliphatic carbocycles. The summed E-state index contributed by atoms with van der Waals surface area (Å²) in [5, 5.41) is 8.26. The van der Waals surface area contributed by atoms with Crippen molar-refractivity contribution in [1.82, 2.24) is 33.5 Å². The van der Waals surface area contributed by atoms with E-state index < -0.39 is 0 Å². The highest BCUT2D eigenvalue weighted by molar-refractivity contribution is 6.99. The summed E-state index contributed by atoms with van der Waals surface area (Å²) < 4.78 is 23.2. The second-order valence-corrected chi connectivity index (χ2v) is 7.70. The van der Waals surface area contributed by atoms with Crippen LogP contribution in [0.4, 0.5) is 4.39 Å². The molecule has 29 heavy (non-hydrogen) atoms. The van der Waals surface area contributed by atoms with Crippen molar-refractivity contribution >= 4 is 17.6 Å². The summed E-state index contributed by atoms with van der Waals surface area (Å²) in [6.07, 6.45) is 0. The molecule has 1 aromatic carbocycles. The van der Waals surface area contributed by atoms with Crippen molar-refractivity contribution in [3.8, 4) is 0 Å². The molecule has 1 saturated heterocycles. The Morgan fingerprint density at radius 3 is 2.45 bits per heavy atom. The van der Waals surface area contributed by atoms with Crippen LogP contribution >= 0.6 is 11.7 Å². The van der Waals surface area contributed by atoms with Crippen LogP contribution in [0.25, 0.3) is 0 Å². The normalized spacial score (nSPS) is 15.1. The molecule has 2 aromatic heterocycles. The van der Waals surface area contributed by atoms with Crippen molar-refractivity contribution in [1.29, 1.82) is 0 Å².